The number of aliphatic hydroxyl groups is 1. The van der Waals surface area contributed by atoms with Crippen LogP contribution in [-0.4, -0.2) is 37.5 Å². The van der Waals surface area contributed by atoms with E-state index >= 15 is 0 Å². The molecule has 0 bridgehead atoms. The predicted octanol–water partition coefficient (Wildman–Crippen LogP) is 1.75. The SMILES string of the molecule is CCCCOCCC(C(=O)OC)C(O)CC. The summed E-state index contributed by atoms with van der Waals surface area (Å²) in [5.74, 6) is -0.815. The molecule has 0 spiro atoms. The lowest BCUT2D eigenvalue weighted by molar-refractivity contribution is -0.150. The second-order valence-electron chi connectivity index (χ2n) is 3.86. The van der Waals surface area contributed by atoms with Crippen molar-refractivity contribution >= 4 is 5.97 Å². The van der Waals surface area contributed by atoms with E-state index in [1.165, 1.54) is 7.11 Å². The molecule has 0 rings (SSSR count). The van der Waals surface area contributed by atoms with Crippen molar-refractivity contribution in [2.75, 3.05) is 20.3 Å². The molecular formula is C12H24O4. The van der Waals surface area contributed by atoms with E-state index < -0.39 is 12.0 Å². The maximum Gasteiger partial charge on any atom is 0.311 e. The second-order valence-corrected chi connectivity index (χ2v) is 3.86. The number of carbonyl (C=O) groups is 1. The Morgan fingerprint density at radius 1 is 1.31 bits per heavy atom. The Morgan fingerprint density at radius 2 is 2.00 bits per heavy atom. The van der Waals surface area contributed by atoms with Crippen LogP contribution in [0.15, 0.2) is 0 Å². The minimum Gasteiger partial charge on any atom is -0.469 e. The Balaban J connectivity index is 3.88. The highest BCUT2D eigenvalue weighted by molar-refractivity contribution is 5.72. The van der Waals surface area contributed by atoms with Crippen molar-refractivity contribution in [3.8, 4) is 0 Å². The van der Waals surface area contributed by atoms with Crippen molar-refractivity contribution in [3.05, 3.63) is 0 Å². The fourth-order valence-corrected chi connectivity index (χ4v) is 1.46. The minimum absolute atomic E-state index is 0.353. The van der Waals surface area contributed by atoms with Gasteiger partial charge in [-0.1, -0.05) is 20.3 Å². The molecule has 0 aromatic heterocycles. The Kier molecular flexibility index (Phi) is 9.24. The van der Waals surface area contributed by atoms with Crippen molar-refractivity contribution in [3.63, 3.8) is 0 Å². The molecule has 0 amide bonds. The average molecular weight is 232 g/mol. The van der Waals surface area contributed by atoms with Gasteiger partial charge in [0.05, 0.1) is 19.1 Å². The lowest BCUT2D eigenvalue weighted by Gasteiger charge is -2.19. The van der Waals surface area contributed by atoms with Crippen molar-refractivity contribution in [2.45, 2.75) is 45.6 Å². The monoisotopic (exact) mass is 232 g/mol. The van der Waals surface area contributed by atoms with E-state index in [1.54, 1.807) is 0 Å². The van der Waals surface area contributed by atoms with E-state index in [9.17, 15) is 9.90 Å². The summed E-state index contributed by atoms with van der Waals surface area (Å²) in [7, 11) is 1.34. The lowest BCUT2D eigenvalue weighted by Crippen LogP contribution is -2.30. The predicted molar refractivity (Wildman–Crippen MR) is 62.1 cm³/mol. The zero-order chi connectivity index (χ0) is 12.4. The first-order valence-corrected chi connectivity index (χ1v) is 6.00. The molecule has 96 valence electrons. The van der Waals surface area contributed by atoms with Crippen LogP contribution >= 0.6 is 0 Å². The summed E-state index contributed by atoms with van der Waals surface area (Å²) >= 11 is 0. The smallest absolute Gasteiger partial charge is 0.311 e. The molecule has 0 aromatic carbocycles. The van der Waals surface area contributed by atoms with Crippen molar-refractivity contribution in [2.24, 2.45) is 5.92 Å². The number of esters is 1. The third-order valence-electron chi connectivity index (χ3n) is 2.60. The van der Waals surface area contributed by atoms with Gasteiger partial charge in [-0.2, -0.15) is 0 Å². The van der Waals surface area contributed by atoms with E-state index in [0.29, 0.717) is 26.1 Å². The van der Waals surface area contributed by atoms with Gasteiger partial charge in [-0.15, -0.1) is 0 Å². The van der Waals surface area contributed by atoms with Crippen LogP contribution in [-0.2, 0) is 14.3 Å². The van der Waals surface area contributed by atoms with Crippen LogP contribution < -0.4 is 0 Å². The largest absolute Gasteiger partial charge is 0.469 e. The third-order valence-corrected chi connectivity index (χ3v) is 2.60. The summed E-state index contributed by atoms with van der Waals surface area (Å²) in [5.41, 5.74) is 0. The van der Waals surface area contributed by atoms with Crippen LogP contribution in [0.4, 0.5) is 0 Å². The summed E-state index contributed by atoms with van der Waals surface area (Å²) in [6, 6.07) is 0. The lowest BCUT2D eigenvalue weighted by atomic mass is 9.97. The quantitative estimate of drug-likeness (QED) is 0.486. The topological polar surface area (TPSA) is 55.8 Å². The number of carbonyl (C=O) groups excluding carboxylic acids is 1. The number of methoxy groups -OCH3 is 1. The first-order chi connectivity index (χ1) is 7.67. The van der Waals surface area contributed by atoms with Crippen molar-refractivity contribution < 1.29 is 19.4 Å². The first kappa shape index (κ1) is 15.4. The molecule has 0 radical (unpaired) electrons. The van der Waals surface area contributed by atoms with Crippen LogP contribution in [0.5, 0.6) is 0 Å². The number of hydrogen-bond donors (Lipinski definition) is 1. The average Bonchev–Trinajstić information content (AvgIpc) is 2.32. The summed E-state index contributed by atoms with van der Waals surface area (Å²) < 4.78 is 10.0. The molecule has 0 aliphatic rings. The number of rotatable bonds is 9. The summed E-state index contributed by atoms with van der Waals surface area (Å²) in [6.45, 7) is 5.16. The molecule has 0 aliphatic carbocycles. The Hall–Kier alpha value is -0.610. The van der Waals surface area contributed by atoms with Crippen molar-refractivity contribution in [1.82, 2.24) is 0 Å². The summed E-state index contributed by atoms with van der Waals surface area (Å²) in [4.78, 5) is 11.4. The molecule has 2 atom stereocenters. The Morgan fingerprint density at radius 3 is 2.50 bits per heavy atom. The molecule has 0 fully saturated rings. The fourth-order valence-electron chi connectivity index (χ4n) is 1.46. The highest BCUT2D eigenvalue weighted by Gasteiger charge is 2.25. The van der Waals surface area contributed by atoms with Gasteiger partial charge >= 0.3 is 5.97 Å². The van der Waals surface area contributed by atoms with Crippen LogP contribution in [0.3, 0.4) is 0 Å². The summed E-state index contributed by atoms with van der Waals surface area (Å²) in [5, 5.41) is 9.67. The van der Waals surface area contributed by atoms with E-state index in [1.807, 2.05) is 6.92 Å². The highest BCUT2D eigenvalue weighted by atomic mass is 16.5. The van der Waals surface area contributed by atoms with Gasteiger partial charge in [0, 0.05) is 13.2 Å². The van der Waals surface area contributed by atoms with Gasteiger partial charge in [0.1, 0.15) is 0 Å². The van der Waals surface area contributed by atoms with Gasteiger partial charge in [0.2, 0.25) is 0 Å². The molecule has 0 saturated heterocycles. The Labute approximate surface area is 97.9 Å². The highest BCUT2D eigenvalue weighted by Crippen LogP contribution is 2.14. The van der Waals surface area contributed by atoms with Gasteiger partial charge < -0.3 is 14.6 Å². The number of aliphatic hydroxyl groups excluding tert-OH is 1. The standard InChI is InChI=1S/C12H24O4/c1-4-6-8-16-9-7-10(11(13)5-2)12(14)15-3/h10-11,13H,4-9H2,1-3H3. The van der Waals surface area contributed by atoms with Crippen molar-refractivity contribution in [1.29, 1.82) is 0 Å². The van der Waals surface area contributed by atoms with Gasteiger partial charge in [0.25, 0.3) is 0 Å². The molecule has 4 heteroatoms. The van der Waals surface area contributed by atoms with E-state index in [0.717, 1.165) is 12.8 Å². The fraction of sp³-hybridized carbons (Fsp3) is 0.917. The molecule has 4 nitrogen and oxygen atoms in total. The third kappa shape index (κ3) is 6.08. The molecule has 0 aromatic rings. The normalized spacial score (nSPS) is 14.5. The van der Waals surface area contributed by atoms with Gasteiger partial charge in [-0.25, -0.2) is 0 Å². The van der Waals surface area contributed by atoms with E-state index in [4.69, 9.17) is 4.74 Å². The van der Waals surface area contributed by atoms with Gasteiger partial charge in [-0.05, 0) is 19.3 Å². The maximum atomic E-state index is 11.4. The van der Waals surface area contributed by atoms with Crippen LogP contribution in [0.25, 0.3) is 0 Å². The van der Waals surface area contributed by atoms with Gasteiger partial charge in [0.15, 0.2) is 0 Å². The molecule has 0 heterocycles. The second kappa shape index (κ2) is 9.60. The molecule has 0 saturated carbocycles. The maximum absolute atomic E-state index is 11.4. The zero-order valence-electron chi connectivity index (χ0n) is 10.6. The van der Waals surface area contributed by atoms with E-state index in [-0.39, 0.29) is 5.97 Å². The van der Waals surface area contributed by atoms with Crippen LogP contribution in [0, 0.1) is 5.92 Å². The number of ether oxygens (including phenoxy) is 2. The first-order valence-electron chi connectivity index (χ1n) is 6.00. The molecular weight excluding hydrogens is 208 g/mol. The number of hydrogen-bond acceptors (Lipinski definition) is 4. The van der Waals surface area contributed by atoms with Crippen LogP contribution in [0.2, 0.25) is 0 Å². The molecule has 0 aliphatic heterocycles. The molecule has 16 heavy (non-hydrogen) atoms. The Bertz CT molecular complexity index is 182. The van der Waals surface area contributed by atoms with Crippen LogP contribution in [0.1, 0.15) is 39.5 Å². The van der Waals surface area contributed by atoms with Gasteiger partial charge in [-0.3, -0.25) is 4.79 Å². The van der Waals surface area contributed by atoms with E-state index in [2.05, 4.69) is 11.7 Å². The summed E-state index contributed by atoms with van der Waals surface area (Å²) in [6.07, 6.45) is 2.55. The minimum atomic E-state index is -0.637. The molecule has 1 N–H and O–H groups in total. The molecule has 2 unspecified atom stereocenters. The number of unbranched alkanes of at least 4 members (excludes halogenated alkanes) is 1. The zero-order valence-corrected chi connectivity index (χ0v) is 10.6.